The topological polar surface area (TPSA) is 94.9 Å². The maximum atomic E-state index is 12.4. The zero-order valence-electron chi connectivity index (χ0n) is 12.2. The number of nitrogens with zero attached hydrogens (tertiary/aromatic N) is 1. The third-order valence-electron chi connectivity index (χ3n) is 3.28. The number of carbonyl (C=O) groups is 3. The van der Waals surface area contributed by atoms with Crippen molar-refractivity contribution in [1.29, 1.82) is 0 Å². The summed E-state index contributed by atoms with van der Waals surface area (Å²) < 4.78 is 0. The molecule has 1 rings (SSSR count). The predicted octanol–water partition coefficient (Wildman–Crippen LogP) is 1.63. The summed E-state index contributed by atoms with van der Waals surface area (Å²) in [4.78, 5) is 35.6. The average Bonchev–Trinajstić information content (AvgIpc) is 2.43. The molecule has 1 amide bonds. The van der Waals surface area contributed by atoms with Crippen molar-refractivity contribution >= 4 is 17.8 Å². The molecule has 1 aromatic rings. The Balaban J connectivity index is 3.05. The number of amides is 1. The number of carbonyl (C=O) groups excluding carboxylic acids is 1. The quantitative estimate of drug-likeness (QED) is 0.831. The lowest BCUT2D eigenvalue weighted by Gasteiger charge is -2.28. The first-order chi connectivity index (χ1) is 9.73. The second-order valence-electron chi connectivity index (χ2n) is 5.08. The standard InChI is InChI=1S/C15H19NO5/c1-9-4-6-12(7-5-9)13(17)16(11(3)15(20)21)8-10(2)14(18)19/h4-7,10-11H,8H2,1-3H3,(H,18,19)(H,20,21). The zero-order chi connectivity index (χ0) is 16.2. The predicted molar refractivity (Wildman–Crippen MR) is 76.1 cm³/mol. The Bertz CT molecular complexity index is 537. The number of hydrogen-bond acceptors (Lipinski definition) is 3. The van der Waals surface area contributed by atoms with Crippen molar-refractivity contribution in [3.63, 3.8) is 0 Å². The van der Waals surface area contributed by atoms with Gasteiger partial charge in [-0.2, -0.15) is 0 Å². The summed E-state index contributed by atoms with van der Waals surface area (Å²) in [6.07, 6.45) is 0. The molecule has 0 saturated heterocycles. The highest BCUT2D eigenvalue weighted by atomic mass is 16.4. The molecule has 2 unspecified atom stereocenters. The lowest BCUT2D eigenvalue weighted by atomic mass is 10.1. The van der Waals surface area contributed by atoms with Crippen molar-refractivity contribution in [1.82, 2.24) is 4.90 Å². The molecule has 0 radical (unpaired) electrons. The van der Waals surface area contributed by atoms with Gasteiger partial charge in [0.2, 0.25) is 0 Å². The Morgan fingerprint density at radius 3 is 2.00 bits per heavy atom. The minimum absolute atomic E-state index is 0.157. The van der Waals surface area contributed by atoms with Gasteiger partial charge in [0.1, 0.15) is 6.04 Å². The maximum absolute atomic E-state index is 12.4. The summed E-state index contributed by atoms with van der Waals surface area (Å²) in [6, 6.07) is 5.60. The number of rotatable bonds is 6. The van der Waals surface area contributed by atoms with Gasteiger partial charge >= 0.3 is 11.9 Å². The van der Waals surface area contributed by atoms with E-state index in [2.05, 4.69) is 0 Å². The van der Waals surface area contributed by atoms with Crippen LogP contribution in [0, 0.1) is 12.8 Å². The van der Waals surface area contributed by atoms with Gasteiger partial charge in [-0.25, -0.2) is 4.79 Å². The Morgan fingerprint density at radius 2 is 1.57 bits per heavy atom. The van der Waals surface area contributed by atoms with Crippen molar-refractivity contribution in [3.05, 3.63) is 35.4 Å². The van der Waals surface area contributed by atoms with Crippen LogP contribution in [0.1, 0.15) is 29.8 Å². The molecule has 0 aromatic heterocycles. The van der Waals surface area contributed by atoms with Crippen LogP contribution in [-0.4, -0.2) is 45.5 Å². The van der Waals surface area contributed by atoms with E-state index in [0.29, 0.717) is 5.56 Å². The van der Waals surface area contributed by atoms with Gasteiger partial charge in [-0.05, 0) is 26.0 Å². The Hall–Kier alpha value is -2.37. The van der Waals surface area contributed by atoms with E-state index >= 15 is 0 Å². The summed E-state index contributed by atoms with van der Waals surface area (Å²) in [5.74, 6) is -3.58. The molecule has 0 fully saturated rings. The van der Waals surface area contributed by atoms with E-state index in [9.17, 15) is 14.4 Å². The summed E-state index contributed by atoms with van der Waals surface area (Å²) in [5.41, 5.74) is 1.31. The minimum atomic E-state index is -1.17. The van der Waals surface area contributed by atoms with Crippen LogP contribution in [0.3, 0.4) is 0 Å². The normalized spacial score (nSPS) is 13.3. The third kappa shape index (κ3) is 4.30. The van der Waals surface area contributed by atoms with Gasteiger partial charge in [0.25, 0.3) is 5.91 Å². The summed E-state index contributed by atoms with van der Waals surface area (Å²) in [7, 11) is 0. The molecule has 0 aliphatic rings. The van der Waals surface area contributed by atoms with E-state index in [-0.39, 0.29) is 6.54 Å². The van der Waals surface area contributed by atoms with Crippen molar-refractivity contribution in [3.8, 4) is 0 Å². The van der Waals surface area contributed by atoms with Gasteiger partial charge in [-0.1, -0.05) is 24.6 Å². The fourth-order valence-corrected chi connectivity index (χ4v) is 1.79. The monoisotopic (exact) mass is 293 g/mol. The largest absolute Gasteiger partial charge is 0.481 e. The van der Waals surface area contributed by atoms with Gasteiger partial charge in [0, 0.05) is 12.1 Å². The Labute approximate surface area is 123 Å². The van der Waals surface area contributed by atoms with Gasteiger partial charge < -0.3 is 15.1 Å². The van der Waals surface area contributed by atoms with E-state index in [4.69, 9.17) is 10.2 Å². The Morgan fingerprint density at radius 1 is 1.05 bits per heavy atom. The highest BCUT2D eigenvalue weighted by Gasteiger charge is 2.29. The molecule has 0 bridgehead atoms. The van der Waals surface area contributed by atoms with E-state index in [1.54, 1.807) is 24.3 Å². The van der Waals surface area contributed by atoms with Gasteiger partial charge in [0.15, 0.2) is 0 Å². The number of hydrogen-bond donors (Lipinski definition) is 2. The van der Waals surface area contributed by atoms with E-state index in [1.807, 2.05) is 6.92 Å². The molecule has 0 spiro atoms. The Kier molecular flexibility index (Phi) is 5.46. The van der Waals surface area contributed by atoms with Crippen LogP contribution in [0.25, 0.3) is 0 Å². The summed E-state index contributed by atoms with van der Waals surface area (Å²) in [5, 5.41) is 18.1. The van der Waals surface area contributed by atoms with Gasteiger partial charge in [0.05, 0.1) is 5.92 Å². The lowest BCUT2D eigenvalue weighted by molar-refractivity contribution is -0.145. The molecular weight excluding hydrogens is 274 g/mol. The average molecular weight is 293 g/mol. The molecular formula is C15H19NO5. The lowest BCUT2D eigenvalue weighted by Crippen LogP contribution is -2.46. The SMILES string of the molecule is Cc1ccc(C(=O)N(CC(C)C(=O)O)C(C)C(=O)O)cc1. The number of aliphatic carboxylic acids is 2. The van der Waals surface area contributed by atoms with Crippen LogP contribution < -0.4 is 0 Å². The highest BCUT2D eigenvalue weighted by Crippen LogP contribution is 2.13. The second kappa shape index (κ2) is 6.88. The maximum Gasteiger partial charge on any atom is 0.326 e. The number of carboxylic acids is 2. The molecule has 6 nitrogen and oxygen atoms in total. The number of carboxylic acid groups (broad SMARTS) is 2. The molecule has 0 heterocycles. The van der Waals surface area contributed by atoms with Gasteiger partial charge in [-0.15, -0.1) is 0 Å². The van der Waals surface area contributed by atoms with E-state index < -0.39 is 29.8 Å². The second-order valence-corrected chi connectivity index (χ2v) is 5.08. The number of benzene rings is 1. The van der Waals surface area contributed by atoms with Gasteiger partial charge in [-0.3, -0.25) is 9.59 Å². The minimum Gasteiger partial charge on any atom is -0.481 e. The van der Waals surface area contributed by atoms with E-state index in [1.165, 1.54) is 13.8 Å². The first-order valence-corrected chi connectivity index (χ1v) is 6.57. The first kappa shape index (κ1) is 16.7. The number of aryl methyl sites for hydroxylation is 1. The molecule has 2 atom stereocenters. The zero-order valence-corrected chi connectivity index (χ0v) is 12.2. The molecule has 0 aliphatic heterocycles. The van der Waals surface area contributed by atoms with Crippen LogP contribution in [0.15, 0.2) is 24.3 Å². The molecule has 114 valence electrons. The summed E-state index contributed by atoms with van der Waals surface area (Å²) >= 11 is 0. The molecule has 2 N–H and O–H groups in total. The fraction of sp³-hybridized carbons (Fsp3) is 0.400. The smallest absolute Gasteiger partial charge is 0.326 e. The summed E-state index contributed by atoms with van der Waals surface area (Å²) in [6.45, 7) is 4.52. The van der Waals surface area contributed by atoms with Crippen LogP contribution in [0.4, 0.5) is 0 Å². The fourth-order valence-electron chi connectivity index (χ4n) is 1.79. The van der Waals surface area contributed by atoms with Crippen LogP contribution >= 0.6 is 0 Å². The molecule has 6 heteroatoms. The first-order valence-electron chi connectivity index (χ1n) is 6.57. The molecule has 1 aromatic carbocycles. The van der Waals surface area contributed by atoms with Crippen LogP contribution in [-0.2, 0) is 9.59 Å². The van der Waals surface area contributed by atoms with Crippen LogP contribution in [0.5, 0.6) is 0 Å². The highest BCUT2D eigenvalue weighted by molar-refractivity contribution is 5.96. The molecule has 21 heavy (non-hydrogen) atoms. The van der Waals surface area contributed by atoms with E-state index in [0.717, 1.165) is 10.5 Å². The van der Waals surface area contributed by atoms with Crippen molar-refractivity contribution in [2.75, 3.05) is 6.54 Å². The molecule has 0 saturated carbocycles. The van der Waals surface area contributed by atoms with Crippen LogP contribution in [0.2, 0.25) is 0 Å². The van der Waals surface area contributed by atoms with Crippen molar-refractivity contribution in [2.45, 2.75) is 26.8 Å². The third-order valence-corrected chi connectivity index (χ3v) is 3.28. The van der Waals surface area contributed by atoms with Crippen molar-refractivity contribution in [2.24, 2.45) is 5.92 Å². The van der Waals surface area contributed by atoms with Crippen molar-refractivity contribution < 1.29 is 24.6 Å². The molecule has 0 aliphatic carbocycles.